The SMILES string of the molecule is Cc1cc(COC(=O)c2ccc3c(c2Cl)C(=O)c2ccccc2C3=O)on1. The second-order valence-electron chi connectivity index (χ2n) is 6.06. The molecule has 0 saturated carbocycles. The quantitative estimate of drug-likeness (QED) is 0.502. The zero-order valence-electron chi connectivity index (χ0n) is 14.1. The van der Waals surface area contributed by atoms with Crippen LogP contribution in [0.1, 0.15) is 53.7 Å². The first kappa shape index (κ1) is 17.2. The van der Waals surface area contributed by atoms with Crippen LogP contribution >= 0.6 is 11.6 Å². The average Bonchev–Trinajstić information content (AvgIpc) is 3.09. The number of aryl methyl sites for hydroxylation is 1. The van der Waals surface area contributed by atoms with E-state index in [1.807, 2.05) is 0 Å². The topological polar surface area (TPSA) is 86.5 Å². The van der Waals surface area contributed by atoms with E-state index in [0.717, 1.165) is 0 Å². The third-order valence-electron chi connectivity index (χ3n) is 4.27. The van der Waals surface area contributed by atoms with Gasteiger partial charge in [-0.1, -0.05) is 41.0 Å². The minimum absolute atomic E-state index is 0.00665. The highest BCUT2D eigenvalue weighted by atomic mass is 35.5. The van der Waals surface area contributed by atoms with Crippen molar-refractivity contribution in [1.29, 1.82) is 0 Å². The van der Waals surface area contributed by atoms with Crippen LogP contribution in [0.2, 0.25) is 5.02 Å². The number of nitrogens with zero attached hydrogens (tertiary/aromatic N) is 1. The van der Waals surface area contributed by atoms with Gasteiger partial charge in [-0.2, -0.15) is 0 Å². The molecule has 0 bridgehead atoms. The molecule has 0 aliphatic heterocycles. The first-order valence-corrected chi connectivity index (χ1v) is 8.45. The Morgan fingerprint density at radius 2 is 1.78 bits per heavy atom. The lowest BCUT2D eigenvalue weighted by molar-refractivity contribution is 0.0437. The van der Waals surface area contributed by atoms with Crippen molar-refractivity contribution in [2.45, 2.75) is 13.5 Å². The van der Waals surface area contributed by atoms with Gasteiger partial charge in [-0.05, 0) is 19.1 Å². The van der Waals surface area contributed by atoms with Crippen molar-refractivity contribution in [1.82, 2.24) is 5.16 Å². The molecule has 7 heteroatoms. The van der Waals surface area contributed by atoms with E-state index in [1.165, 1.54) is 12.1 Å². The van der Waals surface area contributed by atoms with Gasteiger partial charge in [0, 0.05) is 22.8 Å². The molecule has 0 N–H and O–H groups in total. The first-order valence-electron chi connectivity index (χ1n) is 8.07. The first-order chi connectivity index (χ1) is 13.0. The maximum Gasteiger partial charge on any atom is 0.340 e. The Kier molecular flexibility index (Phi) is 4.12. The van der Waals surface area contributed by atoms with Crippen molar-refractivity contribution in [2.24, 2.45) is 0 Å². The number of carbonyl (C=O) groups is 3. The van der Waals surface area contributed by atoms with Crippen LogP contribution in [0, 0.1) is 6.92 Å². The van der Waals surface area contributed by atoms with E-state index in [0.29, 0.717) is 17.0 Å². The summed E-state index contributed by atoms with van der Waals surface area (Å²) in [5.41, 5.74) is 1.45. The van der Waals surface area contributed by atoms with Crippen LogP contribution in [0.5, 0.6) is 0 Å². The number of esters is 1. The molecule has 134 valence electrons. The average molecular weight is 382 g/mol. The van der Waals surface area contributed by atoms with Crippen LogP contribution in [0.25, 0.3) is 0 Å². The summed E-state index contributed by atoms with van der Waals surface area (Å²) >= 11 is 6.32. The van der Waals surface area contributed by atoms with E-state index in [1.54, 1.807) is 37.3 Å². The highest BCUT2D eigenvalue weighted by Gasteiger charge is 2.33. The molecular formula is C20H12ClNO5. The van der Waals surface area contributed by atoms with Crippen molar-refractivity contribution >= 4 is 29.1 Å². The second kappa shape index (κ2) is 6.48. The Hall–Kier alpha value is -3.25. The maximum atomic E-state index is 12.8. The number of rotatable bonds is 3. The fourth-order valence-electron chi connectivity index (χ4n) is 3.00. The molecule has 1 aliphatic rings. The third kappa shape index (κ3) is 2.84. The van der Waals surface area contributed by atoms with E-state index >= 15 is 0 Å². The summed E-state index contributed by atoms with van der Waals surface area (Å²) in [6.07, 6.45) is 0. The summed E-state index contributed by atoms with van der Waals surface area (Å²) in [4.78, 5) is 37.9. The number of halogens is 1. The molecule has 3 aromatic rings. The monoisotopic (exact) mass is 381 g/mol. The molecule has 4 rings (SSSR count). The van der Waals surface area contributed by atoms with Gasteiger partial charge in [0.15, 0.2) is 23.9 Å². The normalized spacial score (nSPS) is 12.5. The van der Waals surface area contributed by atoms with Crippen LogP contribution in [0.4, 0.5) is 0 Å². The molecule has 0 saturated heterocycles. The number of ether oxygens (including phenoxy) is 1. The summed E-state index contributed by atoms with van der Waals surface area (Å²) < 4.78 is 10.2. The van der Waals surface area contributed by atoms with Crippen molar-refractivity contribution in [2.75, 3.05) is 0 Å². The molecule has 6 nitrogen and oxygen atoms in total. The highest BCUT2D eigenvalue weighted by molar-refractivity contribution is 6.41. The largest absolute Gasteiger partial charge is 0.454 e. The molecule has 0 fully saturated rings. The van der Waals surface area contributed by atoms with E-state index in [-0.39, 0.29) is 39.7 Å². The Balaban J connectivity index is 1.68. The zero-order valence-corrected chi connectivity index (χ0v) is 14.9. The molecule has 1 aliphatic carbocycles. The predicted molar refractivity (Wildman–Crippen MR) is 95.1 cm³/mol. The zero-order chi connectivity index (χ0) is 19.1. The molecule has 1 heterocycles. The molecule has 0 unspecified atom stereocenters. The van der Waals surface area contributed by atoms with Gasteiger partial charge in [-0.15, -0.1) is 0 Å². The smallest absolute Gasteiger partial charge is 0.340 e. The lowest BCUT2D eigenvalue weighted by Crippen LogP contribution is -2.22. The number of carbonyl (C=O) groups excluding carboxylic acids is 3. The van der Waals surface area contributed by atoms with Gasteiger partial charge in [-0.25, -0.2) is 4.79 Å². The Morgan fingerprint density at radius 1 is 1.07 bits per heavy atom. The predicted octanol–water partition coefficient (Wildman–Crippen LogP) is 3.77. The van der Waals surface area contributed by atoms with Gasteiger partial charge in [0.25, 0.3) is 0 Å². The molecule has 0 amide bonds. The van der Waals surface area contributed by atoms with E-state index < -0.39 is 11.8 Å². The van der Waals surface area contributed by atoms with Gasteiger partial charge in [0.2, 0.25) is 0 Å². The number of ketones is 2. The number of hydrogen-bond acceptors (Lipinski definition) is 6. The minimum Gasteiger partial charge on any atom is -0.454 e. The number of aromatic nitrogens is 1. The molecule has 0 spiro atoms. The van der Waals surface area contributed by atoms with E-state index in [4.69, 9.17) is 20.9 Å². The summed E-state index contributed by atoms with van der Waals surface area (Å²) in [6, 6.07) is 11.0. The highest BCUT2D eigenvalue weighted by Crippen LogP contribution is 2.34. The van der Waals surface area contributed by atoms with Gasteiger partial charge in [0.1, 0.15) is 0 Å². The molecule has 1 aromatic heterocycles. The van der Waals surface area contributed by atoms with Crippen molar-refractivity contribution in [3.63, 3.8) is 0 Å². The molecular weight excluding hydrogens is 370 g/mol. The fourth-order valence-corrected chi connectivity index (χ4v) is 3.33. The van der Waals surface area contributed by atoms with E-state index in [9.17, 15) is 14.4 Å². The van der Waals surface area contributed by atoms with Gasteiger partial charge in [-0.3, -0.25) is 9.59 Å². The fraction of sp³-hybridized carbons (Fsp3) is 0.100. The van der Waals surface area contributed by atoms with Gasteiger partial charge < -0.3 is 9.26 Å². The van der Waals surface area contributed by atoms with Crippen molar-refractivity contribution < 1.29 is 23.6 Å². The van der Waals surface area contributed by atoms with Crippen LogP contribution < -0.4 is 0 Å². The van der Waals surface area contributed by atoms with E-state index in [2.05, 4.69) is 5.16 Å². The third-order valence-corrected chi connectivity index (χ3v) is 4.66. The van der Waals surface area contributed by atoms with Crippen molar-refractivity contribution in [3.8, 4) is 0 Å². The van der Waals surface area contributed by atoms with Crippen LogP contribution in [0.3, 0.4) is 0 Å². The second-order valence-corrected chi connectivity index (χ2v) is 6.44. The Bertz CT molecular complexity index is 1120. The van der Waals surface area contributed by atoms with Crippen LogP contribution in [-0.2, 0) is 11.3 Å². The maximum absolute atomic E-state index is 12.8. The standard InChI is InChI=1S/C20H12ClNO5/c1-10-8-11(27-22-10)9-26-20(25)15-7-6-14-16(17(15)21)19(24)13-5-3-2-4-12(13)18(14)23/h2-8H,9H2,1H3. The summed E-state index contributed by atoms with van der Waals surface area (Å²) in [6.45, 7) is 1.62. The number of benzene rings is 2. The summed E-state index contributed by atoms with van der Waals surface area (Å²) in [7, 11) is 0. The minimum atomic E-state index is -0.726. The van der Waals surface area contributed by atoms with Crippen LogP contribution in [-0.4, -0.2) is 22.7 Å². The Labute approximate surface area is 158 Å². The molecule has 2 aromatic carbocycles. The summed E-state index contributed by atoms with van der Waals surface area (Å²) in [5, 5.41) is 3.61. The Morgan fingerprint density at radius 3 is 2.44 bits per heavy atom. The number of hydrogen-bond donors (Lipinski definition) is 0. The molecule has 0 radical (unpaired) electrons. The lowest BCUT2D eigenvalue weighted by atomic mass is 9.83. The van der Waals surface area contributed by atoms with Gasteiger partial charge in [0.05, 0.1) is 21.8 Å². The van der Waals surface area contributed by atoms with Gasteiger partial charge >= 0.3 is 5.97 Å². The molecule has 0 atom stereocenters. The van der Waals surface area contributed by atoms with Crippen molar-refractivity contribution in [3.05, 3.63) is 86.8 Å². The van der Waals surface area contributed by atoms with Crippen LogP contribution in [0.15, 0.2) is 47.0 Å². The lowest BCUT2D eigenvalue weighted by Gasteiger charge is -2.19. The molecule has 27 heavy (non-hydrogen) atoms. The number of fused-ring (bicyclic) bond motifs is 2. The summed E-state index contributed by atoms with van der Waals surface area (Å²) in [5.74, 6) is -1.05.